The van der Waals surface area contributed by atoms with Crippen molar-refractivity contribution in [2.24, 2.45) is 11.7 Å². The molecule has 2 atom stereocenters. The summed E-state index contributed by atoms with van der Waals surface area (Å²) < 4.78 is 5.41. The zero-order chi connectivity index (χ0) is 8.81. The molecule has 0 aliphatic carbocycles. The summed E-state index contributed by atoms with van der Waals surface area (Å²) >= 11 is 0. The van der Waals surface area contributed by atoms with Crippen molar-refractivity contribution in [3.8, 4) is 0 Å². The summed E-state index contributed by atoms with van der Waals surface area (Å²) in [6.45, 7) is 2.99. The molecule has 0 amide bonds. The van der Waals surface area contributed by atoms with Crippen LogP contribution in [0.4, 0.5) is 0 Å². The molecule has 0 spiro atoms. The molecule has 0 bridgehead atoms. The quantitative estimate of drug-likeness (QED) is 0.643. The molecule has 12 heavy (non-hydrogen) atoms. The molecular weight excluding hydrogens is 152 g/mol. The first kappa shape index (κ1) is 9.96. The van der Waals surface area contributed by atoms with Crippen LogP contribution in [0.15, 0.2) is 0 Å². The highest BCUT2D eigenvalue weighted by molar-refractivity contribution is 4.76. The van der Waals surface area contributed by atoms with Gasteiger partial charge in [0, 0.05) is 13.7 Å². The van der Waals surface area contributed by atoms with E-state index in [2.05, 4.69) is 5.32 Å². The fourth-order valence-corrected chi connectivity index (χ4v) is 1.91. The lowest BCUT2D eigenvalue weighted by molar-refractivity contribution is 0.0375. The lowest BCUT2D eigenvalue weighted by Gasteiger charge is -2.29. The highest BCUT2D eigenvalue weighted by Gasteiger charge is 2.22. The van der Waals surface area contributed by atoms with E-state index in [-0.39, 0.29) is 0 Å². The van der Waals surface area contributed by atoms with Crippen LogP contribution in [0.5, 0.6) is 0 Å². The third-order valence-electron chi connectivity index (χ3n) is 2.61. The van der Waals surface area contributed by atoms with Gasteiger partial charge < -0.3 is 15.8 Å². The maximum absolute atomic E-state index is 5.51. The highest BCUT2D eigenvalue weighted by atomic mass is 16.5. The van der Waals surface area contributed by atoms with Crippen molar-refractivity contribution in [2.45, 2.75) is 25.4 Å². The van der Waals surface area contributed by atoms with Gasteiger partial charge in [0.2, 0.25) is 0 Å². The number of methoxy groups -OCH3 is 1. The maximum atomic E-state index is 5.51. The Morgan fingerprint density at radius 2 is 2.50 bits per heavy atom. The molecule has 0 aromatic heterocycles. The maximum Gasteiger partial charge on any atom is 0.0623 e. The molecule has 3 N–H and O–H groups in total. The molecule has 0 aromatic carbocycles. The molecule has 0 radical (unpaired) electrons. The second-order valence-electron chi connectivity index (χ2n) is 3.46. The molecule has 0 saturated carbocycles. The molecular formula is C9H20N2O. The smallest absolute Gasteiger partial charge is 0.0623 e. The number of ether oxygens (including phenoxy) is 1. The Morgan fingerprint density at radius 3 is 3.00 bits per heavy atom. The van der Waals surface area contributed by atoms with Gasteiger partial charge in [-0.25, -0.2) is 0 Å². The van der Waals surface area contributed by atoms with Gasteiger partial charge in [0.05, 0.1) is 6.10 Å². The largest absolute Gasteiger partial charge is 0.381 e. The average Bonchev–Trinajstić information content (AvgIpc) is 2.15. The van der Waals surface area contributed by atoms with E-state index in [4.69, 9.17) is 10.5 Å². The fourth-order valence-electron chi connectivity index (χ4n) is 1.91. The number of nitrogens with two attached hydrogens (primary N) is 1. The van der Waals surface area contributed by atoms with Crippen LogP contribution < -0.4 is 11.1 Å². The summed E-state index contributed by atoms with van der Waals surface area (Å²) in [5.41, 5.74) is 5.51. The van der Waals surface area contributed by atoms with Crippen LogP contribution in [0.3, 0.4) is 0 Å². The summed E-state index contributed by atoms with van der Waals surface area (Å²) in [5, 5.41) is 3.39. The predicted molar refractivity (Wildman–Crippen MR) is 50.1 cm³/mol. The van der Waals surface area contributed by atoms with Crippen molar-refractivity contribution in [1.82, 2.24) is 5.32 Å². The number of hydrogen-bond donors (Lipinski definition) is 2. The molecule has 1 aliphatic heterocycles. The molecule has 1 heterocycles. The minimum absolute atomic E-state index is 0.364. The summed E-state index contributed by atoms with van der Waals surface area (Å²) in [7, 11) is 1.79. The van der Waals surface area contributed by atoms with Gasteiger partial charge in [0.15, 0.2) is 0 Å². The second kappa shape index (κ2) is 5.51. The molecule has 3 nitrogen and oxygen atoms in total. The Balaban J connectivity index is 2.29. The first-order valence-electron chi connectivity index (χ1n) is 4.82. The van der Waals surface area contributed by atoms with E-state index in [1.165, 1.54) is 12.8 Å². The van der Waals surface area contributed by atoms with Crippen molar-refractivity contribution in [3.63, 3.8) is 0 Å². The normalized spacial score (nSPS) is 27.0. The van der Waals surface area contributed by atoms with E-state index in [9.17, 15) is 0 Å². The Hall–Kier alpha value is -0.120. The van der Waals surface area contributed by atoms with Crippen LogP contribution in [0, 0.1) is 5.92 Å². The van der Waals surface area contributed by atoms with Gasteiger partial charge in [-0.3, -0.25) is 0 Å². The third-order valence-corrected chi connectivity index (χ3v) is 2.61. The first-order chi connectivity index (χ1) is 5.88. The Kier molecular flexibility index (Phi) is 4.58. The molecule has 1 saturated heterocycles. The van der Waals surface area contributed by atoms with Crippen molar-refractivity contribution >= 4 is 0 Å². The van der Waals surface area contributed by atoms with Gasteiger partial charge in [-0.15, -0.1) is 0 Å². The van der Waals surface area contributed by atoms with E-state index in [0.29, 0.717) is 12.0 Å². The van der Waals surface area contributed by atoms with E-state index < -0.39 is 0 Å². The zero-order valence-electron chi connectivity index (χ0n) is 7.88. The minimum atomic E-state index is 0.364. The second-order valence-corrected chi connectivity index (χ2v) is 3.46. The van der Waals surface area contributed by atoms with Crippen LogP contribution in [-0.4, -0.2) is 32.8 Å². The number of piperidine rings is 1. The van der Waals surface area contributed by atoms with E-state index in [1.54, 1.807) is 7.11 Å². The van der Waals surface area contributed by atoms with Crippen LogP contribution in [0.25, 0.3) is 0 Å². The Morgan fingerprint density at radius 1 is 1.67 bits per heavy atom. The van der Waals surface area contributed by atoms with Crippen molar-refractivity contribution in [1.29, 1.82) is 0 Å². The van der Waals surface area contributed by atoms with Crippen LogP contribution >= 0.6 is 0 Å². The monoisotopic (exact) mass is 172 g/mol. The molecule has 2 unspecified atom stereocenters. The highest BCUT2D eigenvalue weighted by Crippen LogP contribution is 2.18. The van der Waals surface area contributed by atoms with Gasteiger partial charge in [-0.2, -0.15) is 0 Å². The van der Waals surface area contributed by atoms with Crippen LogP contribution in [0.1, 0.15) is 19.3 Å². The first-order valence-corrected chi connectivity index (χ1v) is 4.82. The lowest BCUT2D eigenvalue weighted by atomic mass is 9.92. The topological polar surface area (TPSA) is 47.3 Å². The molecule has 1 rings (SSSR count). The molecule has 72 valence electrons. The lowest BCUT2D eigenvalue weighted by Crippen LogP contribution is -2.38. The van der Waals surface area contributed by atoms with Gasteiger partial charge in [-0.1, -0.05) is 0 Å². The molecule has 3 heteroatoms. The Labute approximate surface area is 74.7 Å². The van der Waals surface area contributed by atoms with Gasteiger partial charge in [-0.05, 0) is 38.3 Å². The Bertz CT molecular complexity index is 110. The van der Waals surface area contributed by atoms with Gasteiger partial charge >= 0.3 is 0 Å². The van der Waals surface area contributed by atoms with Crippen molar-refractivity contribution in [2.75, 3.05) is 26.7 Å². The zero-order valence-corrected chi connectivity index (χ0v) is 7.88. The van der Waals surface area contributed by atoms with Crippen LogP contribution in [-0.2, 0) is 4.74 Å². The van der Waals surface area contributed by atoms with Gasteiger partial charge in [0.25, 0.3) is 0 Å². The fraction of sp³-hybridized carbons (Fsp3) is 1.00. The third kappa shape index (κ3) is 2.73. The van der Waals surface area contributed by atoms with Crippen molar-refractivity contribution < 1.29 is 4.74 Å². The minimum Gasteiger partial charge on any atom is -0.381 e. The number of nitrogens with one attached hydrogen (secondary N) is 1. The summed E-state index contributed by atoms with van der Waals surface area (Å²) in [6, 6.07) is 0. The molecule has 1 aliphatic rings. The SMILES string of the molecule is COC(CCN)C1CCCNC1. The number of rotatable bonds is 4. The van der Waals surface area contributed by atoms with Crippen molar-refractivity contribution in [3.05, 3.63) is 0 Å². The van der Waals surface area contributed by atoms with Gasteiger partial charge in [0.1, 0.15) is 0 Å². The standard InChI is InChI=1S/C9H20N2O/c1-12-9(4-5-10)8-3-2-6-11-7-8/h8-9,11H,2-7,10H2,1H3. The van der Waals surface area contributed by atoms with Crippen LogP contribution in [0.2, 0.25) is 0 Å². The average molecular weight is 172 g/mol. The summed E-state index contributed by atoms with van der Waals surface area (Å²) in [4.78, 5) is 0. The predicted octanol–water partition coefficient (Wildman–Crippen LogP) is 0.350. The summed E-state index contributed by atoms with van der Waals surface area (Å²) in [6.07, 6.45) is 3.91. The summed E-state index contributed by atoms with van der Waals surface area (Å²) in [5.74, 6) is 0.673. The van der Waals surface area contributed by atoms with E-state index in [0.717, 1.165) is 26.1 Å². The molecule has 1 fully saturated rings. The van der Waals surface area contributed by atoms with E-state index in [1.807, 2.05) is 0 Å². The number of hydrogen-bond acceptors (Lipinski definition) is 3. The molecule has 0 aromatic rings. The van der Waals surface area contributed by atoms with E-state index >= 15 is 0 Å².